The van der Waals surface area contributed by atoms with Crippen LogP contribution in [-0.4, -0.2) is 23.1 Å². The van der Waals surface area contributed by atoms with Crippen LogP contribution in [0, 0.1) is 11.3 Å². The average Bonchev–Trinajstić information content (AvgIpc) is 3.12. The SMILES string of the molecule is CCOc1ncnc(NCC2(C(C)C)CC2)c1N. The standard InChI is InChI=1S/C13H22N4O/c1-4-18-12-10(14)11(16-8-17-12)15-7-13(5-6-13)9(2)3/h8-9H,4-7,14H2,1-3H3,(H,15,16,17). The summed E-state index contributed by atoms with van der Waals surface area (Å²) in [6.07, 6.45) is 4.04. The van der Waals surface area contributed by atoms with Crippen LogP contribution in [0.15, 0.2) is 6.33 Å². The molecule has 0 saturated heterocycles. The lowest BCUT2D eigenvalue weighted by Gasteiger charge is -2.21. The summed E-state index contributed by atoms with van der Waals surface area (Å²) in [6, 6.07) is 0. The highest BCUT2D eigenvalue weighted by Gasteiger charge is 2.45. The number of nitrogens with two attached hydrogens (primary N) is 1. The maximum absolute atomic E-state index is 5.98. The van der Waals surface area contributed by atoms with Gasteiger partial charge in [-0.3, -0.25) is 0 Å². The third kappa shape index (κ3) is 2.49. The molecule has 0 aromatic carbocycles. The summed E-state index contributed by atoms with van der Waals surface area (Å²) in [5, 5.41) is 3.34. The molecule has 0 aliphatic heterocycles. The number of hydrogen-bond acceptors (Lipinski definition) is 5. The first-order valence-electron chi connectivity index (χ1n) is 6.56. The Hall–Kier alpha value is -1.52. The van der Waals surface area contributed by atoms with Gasteiger partial charge in [0, 0.05) is 6.54 Å². The first-order valence-corrected chi connectivity index (χ1v) is 6.56. The van der Waals surface area contributed by atoms with Crippen molar-refractivity contribution >= 4 is 11.5 Å². The number of nitrogen functional groups attached to an aromatic ring is 1. The molecule has 0 bridgehead atoms. The molecular weight excluding hydrogens is 228 g/mol. The number of aromatic nitrogens is 2. The van der Waals surface area contributed by atoms with E-state index in [0.29, 0.717) is 35.3 Å². The summed E-state index contributed by atoms with van der Waals surface area (Å²) in [4.78, 5) is 8.21. The monoisotopic (exact) mass is 250 g/mol. The van der Waals surface area contributed by atoms with Gasteiger partial charge in [0.05, 0.1) is 6.61 Å². The fourth-order valence-electron chi connectivity index (χ4n) is 2.15. The van der Waals surface area contributed by atoms with Crippen LogP contribution in [0.2, 0.25) is 0 Å². The number of rotatable bonds is 6. The summed E-state index contributed by atoms with van der Waals surface area (Å²) in [5.74, 6) is 1.82. The van der Waals surface area contributed by atoms with Crippen molar-refractivity contribution in [1.82, 2.24) is 9.97 Å². The molecule has 1 fully saturated rings. The molecule has 100 valence electrons. The molecule has 1 aromatic rings. The minimum Gasteiger partial charge on any atom is -0.476 e. The number of anilines is 2. The van der Waals surface area contributed by atoms with Gasteiger partial charge in [0.25, 0.3) is 0 Å². The van der Waals surface area contributed by atoms with Crippen molar-refractivity contribution in [2.24, 2.45) is 11.3 Å². The molecule has 1 saturated carbocycles. The number of nitrogens with zero attached hydrogens (tertiary/aromatic N) is 2. The second-order valence-electron chi connectivity index (χ2n) is 5.24. The van der Waals surface area contributed by atoms with E-state index < -0.39 is 0 Å². The van der Waals surface area contributed by atoms with E-state index in [9.17, 15) is 0 Å². The highest BCUT2D eigenvalue weighted by molar-refractivity contribution is 5.66. The van der Waals surface area contributed by atoms with E-state index in [2.05, 4.69) is 29.1 Å². The van der Waals surface area contributed by atoms with Crippen molar-refractivity contribution in [1.29, 1.82) is 0 Å². The maximum Gasteiger partial charge on any atom is 0.242 e. The Morgan fingerprint density at radius 1 is 1.44 bits per heavy atom. The van der Waals surface area contributed by atoms with Crippen LogP contribution in [0.25, 0.3) is 0 Å². The van der Waals surface area contributed by atoms with Gasteiger partial charge in [0.15, 0.2) is 5.82 Å². The number of hydrogen-bond donors (Lipinski definition) is 2. The van der Waals surface area contributed by atoms with Gasteiger partial charge in [-0.2, -0.15) is 4.98 Å². The van der Waals surface area contributed by atoms with Crippen molar-refractivity contribution < 1.29 is 4.74 Å². The fourth-order valence-corrected chi connectivity index (χ4v) is 2.15. The second-order valence-corrected chi connectivity index (χ2v) is 5.24. The van der Waals surface area contributed by atoms with E-state index in [-0.39, 0.29) is 0 Å². The summed E-state index contributed by atoms with van der Waals surface area (Å²) >= 11 is 0. The highest BCUT2D eigenvalue weighted by atomic mass is 16.5. The minimum absolute atomic E-state index is 0.420. The van der Waals surface area contributed by atoms with Crippen molar-refractivity contribution in [3.8, 4) is 5.88 Å². The van der Waals surface area contributed by atoms with E-state index in [1.54, 1.807) is 0 Å². The molecule has 5 nitrogen and oxygen atoms in total. The van der Waals surface area contributed by atoms with Gasteiger partial charge in [-0.15, -0.1) is 0 Å². The first kappa shape index (κ1) is 12.9. The van der Waals surface area contributed by atoms with E-state index in [4.69, 9.17) is 10.5 Å². The largest absolute Gasteiger partial charge is 0.476 e. The normalized spacial score (nSPS) is 16.7. The summed E-state index contributed by atoms with van der Waals surface area (Å²) in [7, 11) is 0. The summed E-state index contributed by atoms with van der Waals surface area (Å²) in [6.45, 7) is 7.91. The van der Waals surface area contributed by atoms with Crippen LogP contribution in [0.4, 0.5) is 11.5 Å². The third-order valence-corrected chi connectivity index (χ3v) is 3.85. The molecule has 1 aliphatic rings. The van der Waals surface area contributed by atoms with Crippen LogP contribution < -0.4 is 15.8 Å². The maximum atomic E-state index is 5.98. The highest BCUT2D eigenvalue weighted by Crippen LogP contribution is 2.51. The molecule has 0 unspecified atom stereocenters. The van der Waals surface area contributed by atoms with Crippen molar-refractivity contribution in [2.75, 3.05) is 24.2 Å². The Morgan fingerprint density at radius 2 is 2.17 bits per heavy atom. The molecule has 2 rings (SSSR count). The van der Waals surface area contributed by atoms with Gasteiger partial charge in [-0.05, 0) is 31.1 Å². The van der Waals surface area contributed by atoms with E-state index >= 15 is 0 Å². The Bertz CT molecular complexity index is 415. The Kier molecular flexibility index (Phi) is 3.59. The van der Waals surface area contributed by atoms with E-state index in [0.717, 1.165) is 6.54 Å². The zero-order chi connectivity index (χ0) is 13.2. The lowest BCUT2D eigenvalue weighted by atomic mass is 9.92. The number of nitrogens with one attached hydrogen (secondary N) is 1. The van der Waals surface area contributed by atoms with Gasteiger partial charge >= 0.3 is 0 Å². The zero-order valence-corrected chi connectivity index (χ0v) is 11.4. The predicted molar refractivity (Wildman–Crippen MR) is 72.6 cm³/mol. The molecular formula is C13H22N4O. The van der Waals surface area contributed by atoms with Gasteiger partial charge in [-0.1, -0.05) is 13.8 Å². The Morgan fingerprint density at radius 3 is 2.72 bits per heavy atom. The van der Waals surface area contributed by atoms with Crippen molar-refractivity contribution in [2.45, 2.75) is 33.6 Å². The van der Waals surface area contributed by atoms with Crippen molar-refractivity contribution in [3.63, 3.8) is 0 Å². The molecule has 3 N–H and O–H groups in total. The van der Waals surface area contributed by atoms with Crippen LogP contribution in [0.3, 0.4) is 0 Å². The molecule has 5 heteroatoms. The summed E-state index contributed by atoms with van der Waals surface area (Å²) < 4.78 is 5.36. The molecule has 18 heavy (non-hydrogen) atoms. The Labute approximate surface area is 108 Å². The average molecular weight is 250 g/mol. The molecule has 0 spiro atoms. The molecule has 0 atom stereocenters. The lowest BCUT2D eigenvalue weighted by Crippen LogP contribution is -2.22. The molecule has 0 amide bonds. The van der Waals surface area contributed by atoms with Crippen LogP contribution in [0.1, 0.15) is 33.6 Å². The molecule has 0 radical (unpaired) electrons. The lowest BCUT2D eigenvalue weighted by molar-refractivity contribution is 0.328. The third-order valence-electron chi connectivity index (χ3n) is 3.85. The van der Waals surface area contributed by atoms with Gasteiger partial charge < -0.3 is 15.8 Å². The van der Waals surface area contributed by atoms with E-state index in [1.807, 2.05) is 6.92 Å². The summed E-state index contributed by atoms with van der Waals surface area (Å²) in [5.41, 5.74) is 6.90. The quantitative estimate of drug-likeness (QED) is 0.810. The zero-order valence-electron chi connectivity index (χ0n) is 11.4. The van der Waals surface area contributed by atoms with Crippen LogP contribution in [-0.2, 0) is 0 Å². The van der Waals surface area contributed by atoms with E-state index in [1.165, 1.54) is 19.2 Å². The predicted octanol–water partition coefficient (Wildman–Crippen LogP) is 2.31. The number of ether oxygens (including phenoxy) is 1. The van der Waals surface area contributed by atoms with Gasteiger partial charge in [-0.25, -0.2) is 4.98 Å². The van der Waals surface area contributed by atoms with Crippen LogP contribution in [0.5, 0.6) is 5.88 Å². The van der Waals surface area contributed by atoms with Crippen LogP contribution >= 0.6 is 0 Å². The molecule has 1 aliphatic carbocycles. The first-order chi connectivity index (χ1) is 8.59. The Balaban J connectivity index is 2.03. The topological polar surface area (TPSA) is 73.1 Å². The minimum atomic E-state index is 0.420. The van der Waals surface area contributed by atoms with Crippen molar-refractivity contribution in [3.05, 3.63) is 6.33 Å². The second kappa shape index (κ2) is 5.00. The smallest absolute Gasteiger partial charge is 0.242 e. The molecule has 1 heterocycles. The van der Waals surface area contributed by atoms with Gasteiger partial charge in [0.2, 0.25) is 5.88 Å². The fraction of sp³-hybridized carbons (Fsp3) is 0.692. The van der Waals surface area contributed by atoms with Gasteiger partial charge in [0.1, 0.15) is 12.0 Å². The molecule has 1 aromatic heterocycles.